The summed E-state index contributed by atoms with van der Waals surface area (Å²) in [6.07, 6.45) is 0. The number of nitriles is 1. The summed E-state index contributed by atoms with van der Waals surface area (Å²) in [4.78, 5) is 11.9. The molecule has 1 aromatic carbocycles. The molecule has 0 saturated heterocycles. The first-order valence-electron chi connectivity index (χ1n) is 5.20. The first-order valence-corrected chi connectivity index (χ1v) is 5.20. The number of aromatic nitrogens is 1. The van der Waals surface area contributed by atoms with Crippen LogP contribution in [0, 0.1) is 17.1 Å². The van der Waals surface area contributed by atoms with E-state index in [2.05, 4.69) is 0 Å². The number of pyridine rings is 1. The lowest BCUT2D eigenvalue weighted by atomic mass is 10.0. The zero-order valence-corrected chi connectivity index (χ0v) is 9.64. The number of hydrogen-bond acceptors (Lipinski definition) is 3. The Balaban J connectivity index is 2.81. The molecule has 0 bridgehead atoms. The number of nitrogens with zero attached hydrogens (tertiary/aromatic N) is 2. The van der Waals surface area contributed by atoms with Gasteiger partial charge in [0.05, 0.1) is 0 Å². The zero-order valence-electron chi connectivity index (χ0n) is 9.64. The Labute approximate surface area is 103 Å². The number of halogens is 1. The number of nitrogens with two attached hydrogens (primary N) is 1. The second kappa shape index (κ2) is 4.34. The molecule has 18 heavy (non-hydrogen) atoms. The van der Waals surface area contributed by atoms with Crippen LogP contribution < -0.4 is 11.3 Å². The highest BCUT2D eigenvalue weighted by molar-refractivity contribution is 5.72. The van der Waals surface area contributed by atoms with E-state index in [1.165, 1.54) is 35.9 Å². The van der Waals surface area contributed by atoms with Gasteiger partial charge < -0.3 is 5.73 Å². The van der Waals surface area contributed by atoms with Crippen molar-refractivity contribution in [1.29, 1.82) is 5.26 Å². The number of nitrogen functional groups attached to an aromatic ring is 1. The fourth-order valence-electron chi connectivity index (χ4n) is 1.71. The second-order valence-electron chi connectivity index (χ2n) is 3.84. The van der Waals surface area contributed by atoms with Crippen LogP contribution in [0.15, 0.2) is 35.1 Å². The Bertz CT molecular complexity index is 713. The van der Waals surface area contributed by atoms with E-state index in [0.29, 0.717) is 11.1 Å². The van der Waals surface area contributed by atoms with E-state index in [1.807, 2.05) is 6.07 Å². The van der Waals surface area contributed by atoms with Crippen LogP contribution in [0.25, 0.3) is 11.1 Å². The predicted molar refractivity (Wildman–Crippen MR) is 66.2 cm³/mol. The lowest BCUT2D eigenvalue weighted by molar-refractivity contribution is 0.628. The van der Waals surface area contributed by atoms with Gasteiger partial charge in [0.2, 0.25) is 0 Å². The third-order valence-electron chi connectivity index (χ3n) is 2.71. The fourth-order valence-corrected chi connectivity index (χ4v) is 1.71. The number of benzene rings is 1. The normalized spacial score (nSPS) is 10.1. The third-order valence-corrected chi connectivity index (χ3v) is 2.71. The van der Waals surface area contributed by atoms with Crippen molar-refractivity contribution in [2.75, 3.05) is 5.73 Å². The summed E-state index contributed by atoms with van der Waals surface area (Å²) in [7, 11) is 1.48. The van der Waals surface area contributed by atoms with Crippen LogP contribution in [0.5, 0.6) is 0 Å². The molecule has 2 aromatic rings. The highest BCUT2D eigenvalue weighted by Gasteiger charge is 2.13. The van der Waals surface area contributed by atoms with Crippen LogP contribution >= 0.6 is 0 Å². The molecule has 0 spiro atoms. The molecule has 4 nitrogen and oxygen atoms in total. The molecule has 0 amide bonds. The molecule has 0 saturated carbocycles. The SMILES string of the molecule is Cn1c(N)cc(-c2cccc(F)c2)c(C#N)c1=O. The van der Waals surface area contributed by atoms with Crippen LogP contribution in [0.2, 0.25) is 0 Å². The van der Waals surface area contributed by atoms with Gasteiger partial charge in [-0.2, -0.15) is 5.26 Å². The maximum atomic E-state index is 13.2. The van der Waals surface area contributed by atoms with Crippen molar-refractivity contribution in [2.45, 2.75) is 0 Å². The lowest BCUT2D eigenvalue weighted by Gasteiger charge is -2.09. The van der Waals surface area contributed by atoms with Crippen molar-refractivity contribution in [3.8, 4) is 17.2 Å². The zero-order chi connectivity index (χ0) is 13.3. The van der Waals surface area contributed by atoms with Crippen molar-refractivity contribution in [3.63, 3.8) is 0 Å². The molecule has 2 N–H and O–H groups in total. The van der Waals surface area contributed by atoms with Crippen molar-refractivity contribution < 1.29 is 4.39 Å². The van der Waals surface area contributed by atoms with E-state index in [4.69, 9.17) is 11.0 Å². The molecule has 0 unspecified atom stereocenters. The summed E-state index contributed by atoms with van der Waals surface area (Å²) < 4.78 is 14.4. The summed E-state index contributed by atoms with van der Waals surface area (Å²) in [6, 6.07) is 9.02. The molecule has 1 heterocycles. The molecule has 0 fully saturated rings. The minimum Gasteiger partial charge on any atom is -0.385 e. The topological polar surface area (TPSA) is 71.8 Å². The standard InChI is InChI=1S/C13H10FN3O/c1-17-12(16)6-10(11(7-15)13(17)18)8-3-2-4-9(14)5-8/h2-6H,16H2,1H3. The van der Waals surface area contributed by atoms with Gasteiger partial charge in [-0.1, -0.05) is 12.1 Å². The van der Waals surface area contributed by atoms with E-state index < -0.39 is 11.4 Å². The molecule has 0 aliphatic carbocycles. The molecule has 2 rings (SSSR count). The number of rotatable bonds is 1. The predicted octanol–water partition coefficient (Wildman–Crippen LogP) is 1.65. The molecule has 0 aliphatic rings. The van der Waals surface area contributed by atoms with E-state index in [-0.39, 0.29) is 11.4 Å². The Morgan fingerprint density at radius 3 is 2.72 bits per heavy atom. The molecule has 90 valence electrons. The van der Waals surface area contributed by atoms with Gasteiger partial charge in [0.25, 0.3) is 5.56 Å². The lowest BCUT2D eigenvalue weighted by Crippen LogP contribution is -2.23. The van der Waals surface area contributed by atoms with Gasteiger partial charge in [-0.15, -0.1) is 0 Å². The summed E-state index contributed by atoms with van der Waals surface area (Å²) in [5.41, 5.74) is 5.95. The van der Waals surface area contributed by atoms with Gasteiger partial charge in [0.15, 0.2) is 0 Å². The van der Waals surface area contributed by atoms with Crippen molar-refractivity contribution in [3.05, 3.63) is 52.1 Å². The van der Waals surface area contributed by atoms with Crippen LogP contribution in [0.1, 0.15) is 5.56 Å². The molecule has 5 heteroatoms. The first kappa shape index (κ1) is 11.9. The number of hydrogen-bond donors (Lipinski definition) is 1. The fraction of sp³-hybridized carbons (Fsp3) is 0.0769. The quantitative estimate of drug-likeness (QED) is 0.827. The molecular formula is C13H10FN3O. The van der Waals surface area contributed by atoms with Gasteiger partial charge >= 0.3 is 0 Å². The smallest absolute Gasteiger partial charge is 0.270 e. The largest absolute Gasteiger partial charge is 0.385 e. The summed E-state index contributed by atoms with van der Waals surface area (Å²) in [5, 5.41) is 9.05. The second-order valence-corrected chi connectivity index (χ2v) is 3.84. The van der Waals surface area contributed by atoms with Crippen molar-refractivity contribution in [2.24, 2.45) is 7.05 Å². The van der Waals surface area contributed by atoms with Gasteiger partial charge in [0.1, 0.15) is 23.3 Å². The average Bonchev–Trinajstić information content (AvgIpc) is 2.35. The van der Waals surface area contributed by atoms with Gasteiger partial charge in [-0.25, -0.2) is 4.39 Å². The van der Waals surface area contributed by atoms with E-state index in [1.54, 1.807) is 6.07 Å². The van der Waals surface area contributed by atoms with Crippen LogP contribution in [-0.4, -0.2) is 4.57 Å². The van der Waals surface area contributed by atoms with Crippen LogP contribution in [0.3, 0.4) is 0 Å². The average molecular weight is 243 g/mol. The first-order chi connectivity index (χ1) is 8.54. The monoisotopic (exact) mass is 243 g/mol. The minimum absolute atomic E-state index is 0.0442. The summed E-state index contributed by atoms with van der Waals surface area (Å²) >= 11 is 0. The Hall–Kier alpha value is -2.61. The van der Waals surface area contributed by atoms with E-state index >= 15 is 0 Å². The van der Waals surface area contributed by atoms with Crippen LogP contribution in [-0.2, 0) is 7.05 Å². The van der Waals surface area contributed by atoms with E-state index in [9.17, 15) is 9.18 Å². The highest BCUT2D eigenvalue weighted by atomic mass is 19.1. The van der Waals surface area contributed by atoms with Gasteiger partial charge in [-0.05, 0) is 23.8 Å². The maximum absolute atomic E-state index is 13.2. The highest BCUT2D eigenvalue weighted by Crippen LogP contribution is 2.23. The maximum Gasteiger partial charge on any atom is 0.270 e. The molecule has 0 aliphatic heterocycles. The van der Waals surface area contributed by atoms with Gasteiger partial charge in [0, 0.05) is 12.6 Å². The van der Waals surface area contributed by atoms with Crippen molar-refractivity contribution >= 4 is 5.82 Å². The van der Waals surface area contributed by atoms with Crippen LogP contribution in [0.4, 0.5) is 10.2 Å². The molecule has 0 radical (unpaired) electrons. The number of anilines is 1. The van der Waals surface area contributed by atoms with Crippen molar-refractivity contribution in [1.82, 2.24) is 4.57 Å². The molecular weight excluding hydrogens is 233 g/mol. The third kappa shape index (κ3) is 1.84. The molecule has 0 atom stereocenters. The summed E-state index contributed by atoms with van der Waals surface area (Å²) in [6.45, 7) is 0. The Morgan fingerprint density at radius 1 is 1.39 bits per heavy atom. The molecule has 1 aromatic heterocycles. The summed E-state index contributed by atoms with van der Waals surface area (Å²) in [5.74, 6) is -0.214. The Kier molecular flexibility index (Phi) is 2.86. The Morgan fingerprint density at radius 2 is 2.11 bits per heavy atom. The van der Waals surface area contributed by atoms with Gasteiger partial charge in [-0.3, -0.25) is 9.36 Å². The minimum atomic E-state index is -0.489. The van der Waals surface area contributed by atoms with E-state index in [0.717, 1.165) is 0 Å².